The third-order valence-electron chi connectivity index (χ3n) is 2.63. The van der Waals surface area contributed by atoms with Crippen LogP contribution in [-0.4, -0.2) is 9.55 Å². The molecule has 0 atom stereocenters. The number of aromatic nitrogens is 2. The number of aryl methyl sites for hydroxylation is 1. The monoisotopic (exact) mass is 249 g/mol. The van der Waals surface area contributed by atoms with Crippen LogP contribution in [-0.2, 0) is 6.42 Å². The molecule has 0 bridgehead atoms. The molecule has 1 heterocycles. The van der Waals surface area contributed by atoms with E-state index in [0.717, 1.165) is 16.2 Å². The Morgan fingerprint density at radius 2 is 2.06 bits per heavy atom. The fraction of sp³-hybridized carbons (Fsp3) is 0.167. The predicted octanol–water partition coefficient (Wildman–Crippen LogP) is 0.810. The lowest BCUT2D eigenvalue weighted by molar-refractivity contribution is 0.613. The Kier molecular flexibility index (Phi) is 3.01. The van der Waals surface area contributed by atoms with Crippen LogP contribution in [0.2, 0.25) is 0 Å². The fourth-order valence-corrected chi connectivity index (χ4v) is 1.71. The van der Waals surface area contributed by atoms with Crippen molar-refractivity contribution in [2.75, 3.05) is 5.73 Å². The van der Waals surface area contributed by atoms with Crippen molar-refractivity contribution in [1.82, 2.24) is 9.55 Å². The van der Waals surface area contributed by atoms with Crippen LogP contribution in [0.3, 0.4) is 0 Å². The van der Waals surface area contributed by atoms with Gasteiger partial charge in [0.15, 0.2) is 0 Å². The Labute approximate surface area is 102 Å². The predicted molar refractivity (Wildman–Crippen MR) is 66.4 cm³/mol. The normalized spacial score (nSPS) is 10.6. The van der Waals surface area contributed by atoms with Gasteiger partial charge in [0, 0.05) is 6.07 Å². The average Bonchev–Trinajstić information content (AvgIpc) is 2.29. The Hall–Kier alpha value is -2.37. The topological polar surface area (TPSA) is 80.9 Å². The number of halogens is 1. The number of aromatic amines is 1. The molecule has 0 fully saturated rings. The van der Waals surface area contributed by atoms with Gasteiger partial charge in [0.05, 0.1) is 5.69 Å². The first kappa shape index (κ1) is 12.1. The van der Waals surface area contributed by atoms with Crippen molar-refractivity contribution in [3.05, 3.63) is 56.5 Å². The molecule has 0 unspecified atom stereocenters. The van der Waals surface area contributed by atoms with Crippen LogP contribution in [0.25, 0.3) is 5.69 Å². The summed E-state index contributed by atoms with van der Waals surface area (Å²) >= 11 is 0. The van der Waals surface area contributed by atoms with Crippen molar-refractivity contribution in [2.24, 2.45) is 0 Å². The summed E-state index contributed by atoms with van der Waals surface area (Å²) in [4.78, 5) is 24.7. The molecular weight excluding hydrogens is 237 g/mol. The first-order valence-corrected chi connectivity index (χ1v) is 5.43. The molecule has 5 nitrogen and oxygen atoms in total. The lowest BCUT2D eigenvalue weighted by Crippen LogP contribution is -2.30. The highest BCUT2D eigenvalue weighted by atomic mass is 19.1. The maximum Gasteiger partial charge on any atom is 0.334 e. The van der Waals surface area contributed by atoms with Gasteiger partial charge in [-0.25, -0.2) is 13.8 Å². The van der Waals surface area contributed by atoms with Gasteiger partial charge >= 0.3 is 5.69 Å². The van der Waals surface area contributed by atoms with Gasteiger partial charge in [-0.05, 0) is 24.1 Å². The molecule has 6 heteroatoms. The van der Waals surface area contributed by atoms with E-state index in [1.807, 2.05) is 11.9 Å². The van der Waals surface area contributed by atoms with Crippen molar-refractivity contribution in [3.8, 4) is 5.69 Å². The third kappa shape index (κ3) is 2.04. The zero-order chi connectivity index (χ0) is 13.3. The first-order chi connectivity index (χ1) is 8.52. The van der Waals surface area contributed by atoms with Crippen LogP contribution < -0.4 is 17.0 Å². The lowest BCUT2D eigenvalue weighted by Gasteiger charge is -2.10. The molecule has 2 rings (SSSR count). The zero-order valence-electron chi connectivity index (χ0n) is 9.74. The molecule has 1 aromatic heterocycles. The average molecular weight is 249 g/mol. The van der Waals surface area contributed by atoms with Crippen molar-refractivity contribution in [3.63, 3.8) is 0 Å². The van der Waals surface area contributed by atoms with Crippen molar-refractivity contribution >= 4 is 5.82 Å². The van der Waals surface area contributed by atoms with Crippen LogP contribution >= 0.6 is 0 Å². The molecule has 0 amide bonds. The highest BCUT2D eigenvalue weighted by molar-refractivity contribution is 5.43. The quantitative estimate of drug-likeness (QED) is 0.826. The van der Waals surface area contributed by atoms with Crippen LogP contribution in [0.5, 0.6) is 0 Å². The van der Waals surface area contributed by atoms with E-state index in [2.05, 4.69) is 0 Å². The van der Waals surface area contributed by atoms with E-state index in [-0.39, 0.29) is 11.5 Å². The Balaban J connectivity index is 2.70. The number of hydrogen-bond acceptors (Lipinski definition) is 3. The van der Waals surface area contributed by atoms with Gasteiger partial charge in [0.25, 0.3) is 5.56 Å². The summed E-state index contributed by atoms with van der Waals surface area (Å²) in [6.07, 6.45) is 0.688. The van der Waals surface area contributed by atoms with E-state index >= 15 is 0 Å². The van der Waals surface area contributed by atoms with Gasteiger partial charge in [-0.1, -0.05) is 13.0 Å². The minimum absolute atomic E-state index is 0.0194. The maximum absolute atomic E-state index is 13.9. The van der Waals surface area contributed by atoms with Gasteiger partial charge in [0.2, 0.25) is 0 Å². The van der Waals surface area contributed by atoms with Gasteiger partial charge < -0.3 is 5.73 Å². The number of nitrogens with one attached hydrogen (secondary N) is 1. The van der Waals surface area contributed by atoms with E-state index < -0.39 is 17.1 Å². The highest BCUT2D eigenvalue weighted by Crippen LogP contribution is 2.15. The molecule has 2 aromatic rings. The maximum atomic E-state index is 13.9. The van der Waals surface area contributed by atoms with Crippen LogP contribution in [0.4, 0.5) is 10.2 Å². The summed E-state index contributed by atoms with van der Waals surface area (Å²) in [6.45, 7) is 1.90. The number of rotatable bonds is 2. The molecule has 0 aliphatic rings. The Bertz CT molecular complexity index is 703. The van der Waals surface area contributed by atoms with Gasteiger partial charge in [0.1, 0.15) is 11.6 Å². The smallest absolute Gasteiger partial charge is 0.334 e. The zero-order valence-corrected chi connectivity index (χ0v) is 9.74. The molecule has 0 aliphatic heterocycles. The number of H-pyrrole nitrogens is 1. The summed E-state index contributed by atoms with van der Waals surface area (Å²) in [6, 6.07) is 5.54. The largest absolute Gasteiger partial charge is 0.385 e. The Morgan fingerprint density at radius 3 is 2.61 bits per heavy atom. The molecule has 0 saturated carbocycles. The molecule has 18 heavy (non-hydrogen) atoms. The molecule has 0 saturated heterocycles. The summed E-state index contributed by atoms with van der Waals surface area (Å²) < 4.78 is 14.8. The van der Waals surface area contributed by atoms with Gasteiger partial charge in [-0.3, -0.25) is 9.78 Å². The molecule has 3 N–H and O–H groups in total. The molecule has 0 aliphatic carbocycles. The summed E-state index contributed by atoms with van der Waals surface area (Å²) in [5.74, 6) is -0.665. The summed E-state index contributed by atoms with van der Waals surface area (Å²) in [5, 5.41) is 0. The van der Waals surface area contributed by atoms with E-state index in [0.29, 0.717) is 6.42 Å². The van der Waals surface area contributed by atoms with Gasteiger partial charge in [-0.2, -0.15) is 0 Å². The van der Waals surface area contributed by atoms with Gasteiger partial charge in [-0.15, -0.1) is 0 Å². The number of benzene rings is 1. The van der Waals surface area contributed by atoms with Crippen LogP contribution in [0.15, 0.2) is 33.9 Å². The fourth-order valence-electron chi connectivity index (χ4n) is 1.71. The van der Waals surface area contributed by atoms with Crippen molar-refractivity contribution < 1.29 is 4.39 Å². The van der Waals surface area contributed by atoms with Crippen molar-refractivity contribution in [2.45, 2.75) is 13.3 Å². The van der Waals surface area contributed by atoms with Crippen LogP contribution in [0, 0.1) is 5.82 Å². The SMILES string of the molecule is CCc1ccc(-n2c(N)cc(=O)[nH]c2=O)c(F)c1. The third-order valence-corrected chi connectivity index (χ3v) is 2.63. The molecule has 1 aromatic carbocycles. The molecular formula is C12H12FN3O2. The van der Waals surface area contributed by atoms with Crippen LogP contribution in [0.1, 0.15) is 12.5 Å². The number of nitrogens with zero attached hydrogens (tertiary/aromatic N) is 1. The summed E-state index contributed by atoms with van der Waals surface area (Å²) in [7, 11) is 0. The Morgan fingerprint density at radius 1 is 1.33 bits per heavy atom. The second-order valence-corrected chi connectivity index (χ2v) is 3.84. The number of hydrogen-bond donors (Lipinski definition) is 2. The van der Waals surface area contributed by atoms with E-state index in [9.17, 15) is 14.0 Å². The molecule has 94 valence electrons. The van der Waals surface area contributed by atoms with E-state index in [4.69, 9.17) is 5.73 Å². The number of nitrogen functional groups attached to an aromatic ring is 1. The standard InChI is InChI=1S/C12H12FN3O2/c1-2-7-3-4-9(8(13)5-7)16-10(14)6-11(17)15-12(16)18/h3-6H,2,14H2,1H3,(H,15,17,18). The first-order valence-electron chi connectivity index (χ1n) is 5.43. The molecule has 0 radical (unpaired) electrons. The molecule has 0 spiro atoms. The second-order valence-electron chi connectivity index (χ2n) is 3.84. The minimum atomic E-state index is -0.761. The van der Waals surface area contributed by atoms with E-state index in [1.165, 1.54) is 12.1 Å². The second kappa shape index (κ2) is 4.48. The number of nitrogens with two attached hydrogens (primary N) is 1. The summed E-state index contributed by atoms with van der Waals surface area (Å²) in [5.41, 5.74) is 5.03. The minimum Gasteiger partial charge on any atom is -0.385 e. The lowest BCUT2D eigenvalue weighted by atomic mass is 10.1. The van der Waals surface area contributed by atoms with Crippen molar-refractivity contribution in [1.29, 1.82) is 0 Å². The van der Waals surface area contributed by atoms with E-state index in [1.54, 1.807) is 6.07 Å². The highest BCUT2D eigenvalue weighted by Gasteiger charge is 2.10. The number of anilines is 1.